The average molecular weight is 588 g/mol. The molecule has 0 heterocycles. The van der Waals surface area contributed by atoms with Gasteiger partial charge in [-0.1, -0.05) is 60.5 Å². The van der Waals surface area contributed by atoms with Gasteiger partial charge in [0.2, 0.25) is 0 Å². The van der Waals surface area contributed by atoms with E-state index >= 15 is 0 Å². The third-order valence-corrected chi connectivity index (χ3v) is 7.37. The summed E-state index contributed by atoms with van der Waals surface area (Å²) >= 11 is 12.4. The standard InChI is InChI=1S/C27H23Cl2N3O6S/c1-3-15-9-11-21(29)24(26(15)39(35,36)37)32-31-23-18-8-6-5-7-16(18)13-19(25(23)33)27(34)30-17-10-12-20(28)22(14-17)38-4-2/h5-14,33H,3-4H2,1-2H3,(H,30,34)(H,35,36,37). The molecule has 4 aromatic rings. The smallest absolute Gasteiger partial charge is 0.297 e. The van der Waals surface area contributed by atoms with Gasteiger partial charge in [0, 0.05) is 17.1 Å². The van der Waals surface area contributed by atoms with Crippen molar-refractivity contribution in [3.63, 3.8) is 0 Å². The fourth-order valence-electron chi connectivity index (χ4n) is 3.99. The SMILES string of the molecule is CCOc1cc(NC(=O)c2cc3ccccc3c(N=Nc3c(Cl)ccc(CC)c3S(=O)(=O)O)c2O)ccc1Cl. The summed E-state index contributed by atoms with van der Waals surface area (Å²) < 4.78 is 39.6. The molecule has 0 aromatic heterocycles. The van der Waals surface area contributed by atoms with Gasteiger partial charge < -0.3 is 15.2 Å². The first-order valence-electron chi connectivity index (χ1n) is 11.7. The number of phenols is 1. The number of halogens is 2. The Morgan fingerprint density at radius 3 is 2.36 bits per heavy atom. The van der Waals surface area contributed by atoms with E-state index in [2.05, 4.69) is 15.5 Å². The number of carbonyl (C=O) groups excluding carboxylic acids is 1. The van der Waals surface area contributed by atoms with E-state index in [4.69, 9.17) is 27.9 Å². The first-order valence-corrected chi connectivity index (χ1v) is 13.9. The molecule has 0 atom stereocenters. The number of amides is 1. The number of azo groups is 1. The number of hydrogen-bond donors (Lipinski definition) is 3. The summed E-state index contributed by atoms with van der Waals surface area (Å²) in [5.74, 6) is -0.760. The van der Waals surface area contributed by atoms with Gasteiger partial charge >= 0.3 is 0 Å². The second kappa shape index (κ2) is 11.6. The molecule has 4 aromatic carbocycles. The second-order valence-electron chi connectivity index (χ2n) is 8.29. The molecule has 12 heteroatoms. The molecular formula is C27H23Cl2N3O6S. The van der Waals surface area contributed by atoms with Crippen LogP contribution in [0.1, 0.15) is 29.8 Å². The van der Waals surface area contributed by atoms with Crippen molar-refractivity contribution in [2.24, 2.45) is 10.2 Å². The number of nitrogens with zero attached hydrogens (tertiary/aromatic N) is 2. The van der Waals surface area contributed by atoms with E-state index in [9.17, 15) is 22.9 Å². The van der Waals surface area contributed by atoms with E-state index in [1.54, 1.807) is 56.3 Å². The second-order valence-corrected chi connectivity index (χ2v) is 10.5. The zero-order valence-corrected chi connectivity index (χ0v) is 23.1. The van der Waals surface area contributed by atoms with Crippen LogP contribution in [0.5, 0.6) is 11.5 Å². The van der Waals surface area contributed by atoms with Crippen LogP contribution >= 0.6 is 23.2 Å². The number of ether oxygens (including phenoxy) is 1. The van der Waals surface area contributed by atoms with Crippen LogP contribution in [0.2, 0.25) is 10.0 Å². The Morgan fingerprint density at radius 1 is 0.974 bits per heavy atom. The number of phenolic OH excluding ortho intramolecular Hbond substituents is 1. The summed E-state index contributed by atoms with van der Waals surface area (Å²) in [6.07, 6.45) is 0.272. The summed E-state index contributed by atoms with van der Waals surface area (Å²) in [5.41, 5.74) is 0.168. The van der Waals surface area contributed by atoms with Crippen molar-refractivity contribution in [2.75, 3.05) is 11.9 Å². The summed E-state index contributed by atoms with van der Waals surface area (Å²) in [7, 11) is -4.71. The molecule has 0 radical (unpaired) electrons. The number of aryl methyl sites for hydroxylation is 1. The largest absolute Gasteiger partial charge is 0.505 e. The normalized spacial score (nSPS) is 11.7. The lowest BCUT2D eigenvalue weighted by molar-refractivity contribution is 0.102. The van der Waals surface area contributed by atoms with Gasteiger partial charge in [-0.3, -0.25) is 9.35 Å². The number of carbonyl (C=O) groups is 1. The zero-order chi connectivity index (χ0) is 28.3. The number of nitrogens with one attached hydrogen (secondary N) is 1. The minimum atomic E-state index is -4.71. The third kappa shape index (κ3) is 5.99. The molecule has 0 saturated heterocycles. The first kappa shape index (κ1) is 28.3. The van der Waals surface area contributed by atoms with Crippen LogP contribution in [0.15, 0.2) is 75.8 Å². The average Bonchev–Trinajstić information content (AvgIpc) is 2.89. The maximum Gasteiger partial charge on any atom is 0.297 e. The van der Waals surface area contributed by atoms with E-state index in [0.29, 0.717) is 33.8 Å². The van der Waals surface area contributed by atoms with Crippen molar-refractivity contribution in [3.8, 4) is 11.5 Å². The predicted molar refractivity (Wildman–Crippen MR) is 151 cm³/mol. The highest BCUT2D eigenvalue weighted by Crippen LogP contribution is 2.42. The maximum atomic E-state index is 13.2. The Bertz CT molecular complexity index is 1720. The van der Waals surface area contributed by atoms with Crippen LogP contribution in [0, 0.1) is 0 Å². The number of fused-ring (bicyclic) bond motifs is 1. The van der Waals surface area contributed by atoms with E-state index in [1.165, 1.54) is 18.2 Å². The van der Waals surface area contributed by atoms with Gasteiger partial charge in [-0.25, -0.2) is 0 Å². The van der Waals surface area contributed by atoms with Gasteiger partial charge in [0.15, 0.2) is 5.75 Å². The molecule has 0 aliphatic rings. The molecule has 0 fully saturated rings. The molecule has 39 heavy (non-hydrogen) atoms. The van der Waals surface area contributed by atoms with Crippen LogP contribution in [-0.4, -0.2) is 30.6 Å². The molecule has 0 aliphatic heterocycles. The predicted octanol–water partition coefficient (Wildman–Crippen LogP) is 7.73. The lowest BCUT2D eigenvalue weighted by Crippen LogP contribution is -2.12. The molecule has 4 rings (SSSR count). The molecule has 3 N–H and O–H groups in total. The number of hydrogen-bond acceptors (Lipinski definition) is 7. The van der Waals surface area contributed by atoms with Crippen molar-refractivity contribution >= 4 is 67.1 Å². The molecule has 9 nitrogen and oxygen atoms in total. The van der Waals surface area contributed by atoms with E-state index in [1.807, 2.05) is 0 Å². The van der Waals surface area contributed by atoms with Crippen molar-refractivity contribution in [2.45, 2.75) is 25.2 Å². The number of aromatic hydroxyl groups is 1. The van der Waals surface area contributed by atoms with E-state index in [-0.39, 0.29) is 33.9 Å². The lowest BCUT2D eigenvalue weighted by Gasteiger charge is -2.13. The molecular weight excluding hydrogens is 565 g/mol. The van der Waals surface area contributed by atoms with Crippen LogP contribution in [0.4, 0.5) is 17.1 Å². The molecule has 0 unspecified atom stereocenters. The van der Waals surface area contributed by atoms with Gasteiger partial charge in [-0.05, 0) is 48.6 Å². The fourth-order valence-corrected chi connectivity index (χ4v) is 5.35. The molecule has 0 spiro atoms. The van der Waals surface area contributed by atoms with Crippen LogP contribution in [0.25, 0.3) is 10.8 Å². The maximum absolute atomic E-state index is 13.2. The molecule has 0 aliphatic carbocycles. The summed E-state index contributed by atoms with van der Waals surface area (Å²) in [5, 5.41) is 23.3. The Hall–Kier alpha value is -3.70. The van der Waals surface area contributed by atoms with Crippen molar-refractivity contribution in [3.05, 3.63) is 81.8 Å². The van der Waals surface area contributed by atoms with Gasteiger partial charge in [-0.2, -0.15) is 8.42 Å². The number of rotatable bonds is 8. The van der Waals surface area contributed by atoms with Crippen LogP contribution in [0.3, 0.4) is 0 Å². The van der Waals surface area contributed by atoms with Crippen molar-refractivity contribution in [1.29, 1.82) is 0 Å². The van der Waals surface area contributed by atoms with Crippen LogP contribution < -0.4 is 10.1 Å². The number of anilines is 1. The Morgan fingerprint density at radius 2 is 1.67 bits per heavy atom. The fraction of sp³-hybridized carbons (Fsp3) is 0.148. The quantitative estimate of drug-likeness (QED) is 0.142. The van der Waals surface area contributed by atoms with Crippen molar-refractivity contribution in [1.82, 2.24) is 0 Å². The molecule has 1 amide bonds. The van der Waals surface area contributed by atoms with Crippen LogP contribution in [-0.2, 0) is 16.5 Å². The Kier molecular flexibility index (Phi) is 8.41. The molecule has 202 valence electrons. The summed E-state index contributed by atoms with van der Waals surface area (Å²) in [6, 6.07) is 15.9. The topological polar surface area (TPSA) is 138 Å². The minimum absolute atomic E-state index is 0.0749. The highest BCUT2D eigenvalue weighted by atomic mass is 35.5. The van der Waals surface area contributed by atoms with Crippen molar-refractivity contribution < 1.29 is 27.6 Å². The van der Waals surface area contributed by atoms with Gasteiger partial charge in [0.05, 0.1) is 22.2 Å². The summed E-state index contributed by atoms with van der Waals surface area (Å²) in [4.78, 5) is 12.8. The highest BCUT2D eigenvalue weighted by Gasteiger charge is 2.24. The van der Waals surface area contributed by atoms with E-state index in [0.717, 1.165) is 0 Å². The first-order chi connectivity index (χ1) is 18.5. The van der Waals surface area contributed by atoms with Gasteiger partial charge in [0.25, 0.3) is 16.0 Å². The lowest BCUT2D eigenvalue weighted by atomic mass is 10.0. The number of benzene rings is 4. The monoisotopic (exact) mass is 587 g/mol. The minimum Gasteiger partial charge on any atom is -0.505 e. The highest BCUT2D eigenvalue weighted by molar-refractivity contribution is 7.86. The zero-order valence-electron chi connectivity index (χ0n) is 20.8. The third-order valence-electron chi connectivity index (χ3n) is 5.78. The Balaban J connectivity index is 1.83. The summed E-state index contributed by atoms with van der Waals surface area (Å²) in [6.45, 7) is 3.88. The van der Waals surface area contributed by atoms with Gasteiger partial charge in [-0.15, -0.1) is 10.2 Å². The molecule has 0 saturated carbocycles. The van der Waals surface area contributed by atoms with E-state index < -0.39 is 26.7 Å². The Labute approximate surface area is 234 Å². The van der Waals surface area contributed by atoms with Gasteiger partial charge in [0.1, 0.15) is 22.0 Å². The molecule has 0 bridgehead atoms.